The van der Waals surface area contributed by atoms with Crippen LogP contribution in [-0.2, 0) is 11.0 Å². The van der Waals surface area contributed by atoms with Crippen molar-refractivity contribution in [3.63, 3.8) is 0 Å². The predicted octanol–water partition coefficient (Wildman–Crippen LogP) is 4.33. The molecule has 10 heteroatoms. The first kappa shape index (κ1) is 20.7. The lowest BCUT2D eigenvalue weighted by molar-refractivity contribution is -0.137. The maximum absolute atomic E-state index is 12.6. The van der Waals surface area contributed by atoms with Gasteiger partial charge in [0.1, 0.15) is 11.6 Å². The number of ether oxygens (including phenoxy) is 1. The van der Waals surface area contributed by atoms with Gasteiger partial charge in [-0.05, 0) is 43.3 Å². The molecule has 3 rings (SSSR count). The van der Waals surface area contributed by atoms with Crippen molar-refractivity contribution in [2.75, 3.05) is 18.2 Å². The van der Waals surface area contributed by atoms with Crippen LogP contribution in [0.5, 0.6) is 5.75 Å². The van der Waals surface area contributed by atoms with E-state index in [2.05, 4.69) is 15.5 Å². The van der Waals surface area contributed by atoms with Crippen molar-refractivity contribution in [3.8, 4) is 11.4 Å². The van der Waals surface area contributed by atoms with E-state index < -0.39 is 11.7 Å². The normalized spacial score (nSPS) is 11.3. The number of aromatic nitrogens is 3. The molecule has 152 valence electrons. The van der Waals surface area contributed by atoms with E-state index >= 15 is 0 Å². The first-order chi connectivity index (χ1) is 13.8. The van der Waals surface area contributed by atoms with E-state index in [4.69, 9.17) is 4.74 Å². The Morgan fingerprint density at radius 2 is 1.90 bits per heavy atom. The fourth-order valence-electron chi connectivity index (χ4n) is 2.55. The van der Waals surface area contributed by atoms with Crippen LogP contribution in [0.4, 0.5) is 18.9 Å². The molecule has 29 heavy (non-hydrogen) atoms. The molecule has 0 bridgehead atoms. The van der Waals surface area contributed by atoms with Crippen LogP contribution >= 0.6 is 11.8 Å². The van der Waals surface area contributed by atoms with Gasteiger partial charge < -0.3 is 10.1 Å². The molecular formula is C19H17F3N4O2S. The second kappa shape index (κ2) is 8.56. The van der Waals surface area contributed by atoms with Gasteiger partial charge >= 0.3 is 6.18 Å². The van der Waals surface area contributed by atoms with Crippen molar-refractivity contribution in [1.29, 1.82) is 0 Å². The summed E-state index contributed by atoms with van der Waals surface area (Å²) in [6, 6.07) is 11.6. The number of nitrogens with one attached hydrogen (secondary N) is 1. The number of rotatable bonds is 6. The Kier molecular flexibility index (Phi) is 6.12. The van der Waals surface area contributed by atoms with Gasteiger partial charge in [-0.15, -0.1) is 10.2 Å². The van der Waals surface area contributed by atoms with Crippen molar-refractivity contribution in [2.45, 2.75) is 18.3 Å². The van der Waals surface area contributed by atoms with Crippen LogP contribution in [0.1, 0.15) is 11.4 Å². The molecule has 1 amide bonds. The fourth-order valence-corrected chi connectivity index (χ4v) is 3.35. The average molecular weight is 422 g/mol. The fraction of sp³-hybridized carbons (Fsp3) is 0.211. The molecule has 6 nitrogen and oxygen atoms in total. The van der Waals surface area contributed by atoms with E-state index in [1.165, 1.54) is 23.9 Å². The monoisotopic (exact) mass is 422 g/mol. The molecule has 0 radical (unpaired) electrons. The predicted molar refractivity (Wildman–Crippen MR) is 103 cm³/mol. The number of thioether (sulfide) groups is 1. The molecule has 0 aliphatic carbocycles. The summed E-state index contributed by atoms with van der Waals surface area (Å²) in [5.41, 5.74) is 0.304. The van der Waals surface area contributed by atoms with Gasteiger partial charge in [0.25, 0.3) is 0 Å². The minimum Gasteiger partial charge on any atom is -0.497 e. The largest absolute Gasteiger partial charge is 0.497 e. The van der Waals surface area contributed by atoms with E-state index in [1.807, 2.05) is 24.3 Å². The minimum absolute atomic E-state index is 0.0170. The van der Waals surface area contributed by atoms with E-state index in [1.54, 1.807) is 18.6 Å². The van der Waals surface area contributed by atoms with Gasteiger partial charge in [-0.3, -0.25) is 9.36 Å². The molecule has 1 heterocycles. The highest BCUT2D eigenvalue weighted by atomic mass is 32.2. The summed E-state index contributed by atoms with van der Waals surface area (Å²) in [7, 11) is 1.57. The number of hydrogen-bond acceptors (Lipinski definition) is 5. The molecule has 0 aliphatic heterocycles. The third-order valence-corrected chi connectivity index (χ3v) is 4.86. The molecule has 1 aromatic heterocycles. The molecule has 2 aromatic carbocycles. The Balaban J connectivity index is 1.67. The number of halogens is 3. The van der Waals surface area contributed by atoms with Gasteiger partial charge in [-0.2, -0.15) is 13.2 Å². The average Bonchev–Trinajstić information content (AvgIpc) is 3.06. The smallest absolute Gasteiger partial charge is 0.416 e. The highest BCUT2D eigenvalue weighted by Gasteiger charge is 2.30. The molecule has 0 saturated carbocycles. The van der Waals surface area contributed by atoms with Crippen molar-refractivity contribution in [1.82, 2.24) is 14.8 Å². The Morgan fingerprint density at radius 3 is 2.55 bits per heavy atom. The van der Waals surface area contributed by atoms with Crippen molar-refractivity contribution in [2.24, 2.45) is 0 Å². The third-order valence-electron chi connectivity index (χ3n) is 3.94. The first-order valence-electron chi connectivity index (χ1n) is 8.44. The van der Waals surface area contributed by atoms with Crippen molar-refractivity contribution < 1.29 is 22.7 Å². The maximum Gasteiger partial charge on any atom is 0.416 e. The van der Waals surface area contributed by atoms with E-state index in [9.17, 15) is 18.0 Å². The van der Waals surface area contributed by atoms with Gasteiger partial charge in [0, 0.05) is 11.8 Å². The summed E-state index contributed by atoms with van der Waals surface area (Å²) in [6.45, 7) is 1.79. The topological polar surface area (TPSA) is 69.0 Å². The standard InChI is InChI=1S/C19H17F3N4O2S/c1-12-24-25-18(26(12)15-4-3-5-16(10-15)28-2)29-11-17(27)23-14-8-6-13(7-9-14)19(20,21)22/h3-10H,11H2,1-2H3,(H,23,27). The summed E-state index contributed by atoms with van der Waals surface area (Å²) < 4.78 is 44.8. The van der Waals surface area contributed by atoms with Crippen LogP contribution in [-0.4, -0.2) is 33.5 Å². The first-order valence-corrected chi connectivity index (χ1v) is 9.43. The van der Waals surface area contributed by atoms with Crippen LogP contribution < -0.4 is 10.1 Å². The van der Waals surface area contributed by atoms with Gasteiger partial charge in [0.05, 0.1) is 24.1 Å². The number of benzene rings is 2. The van der Waals surface area contributed by atoms with E-state index in [-0.39, 0.29) is 17.3 Å². The molecule has 0 saturated heterocycles. The van der Waals surface area contributed by atoms with Crippen molar-refractivity contribution in [3.05, 3.63) is 59.9 Å². The van der Waals surface area contributed by atoms with Gasteiger partial charge in [-0.1, -0.05) is 17.8 Å². The highest BCUT2D eigenvalue weighted by molar-refractivity contribution is 7.99. The Bertz CT molecular complexity index is 1000. The number of methoxy groups -OCH3 is 1. The molecule has 0 aliphatic rings. The van der Waals surface area contributed by atoms with E-state index in [0.29, 0.717) is 16.7 Å². The van der Waals surface area contributed by atoms with Gasteiger partial charge in [-0.25, -0.2) is 0 Å². The lowest BCUT2D eigenvalue weighted by Crippen LogP contribution is -2.15. The van der Waals surface area contributed by atoms with Crippen LogP contribution in [0, 0.1) is 6.92 Å². The molecule has 0 atom stereocenters. The number of aryl methyl sites for hydroxylation is 1. The summed E-state index contributed by atoms with van der Waals surface area (Å²) in [5.74, 6) is 0.964. The summed E-state index contributed by atoms with van der Waals surface area (Å²) in [5, 5.41) is 11.2. The zero-order chi connectivity index (χ0) is 21.0. The number of anilines is 1. The highest BCUT2D eigenvalue weighted by Crippen LogP contribution is 2.30. The van der Waals surface area contributed by atoms with Crippen LogP contribution in [0.3, 0.4) is 0 Å². The molecule has 0 spiro atoms. The summed E-state index contributed by atoms with van der Waals surface area (Å²) >= 11 is 1.17. The van der Waals surface area contributed by atoms with Crippen LogP contribution in [0.25, 0.3) is 5.69 Å². The number of nitrogens with zero attached hydrogens (tertiary/aromatic N) is 3. The molecule has 3 aromatic rings. The maximum atomic E-state index is 12.6. The Morgan fingerprint density at radius 1 is 1.17 bits per heavy atom. The zero-order valence-corrected chi connectivity index (χ0v) is 16.3. The summed E-state index contributed by atoms with van der Waals surface area (Å²) in [4.78, 5) is 12.2. The molecule has 0 fully saturated rings. The SMILES string of the molecule is COc1cccc(-n2c(C)nnc2SCC(=O)Nc2ccc(C(F)(F)F)cc2)c1. The molecule has 1 N–H and O–H groups in total. The second-order valence-corrected chi connectivity index (χ2v) is 6.92. The van der Waals surface area contributed by atoms with Crippen molar-refractivity contribution >= 4 is 23.4 Å². The Hall–Kier alpha value is -3.01. The molecular weight excluding hydrogens is 405 g/mol. The number of alkyl halides is 3. The minimum atomic E-state index is -4.42. The number of carbonyl (C=O) groups excluding carboxylic acids is 1. The van der Waals surface area contributed by atoms with E-state index in [0.717, 1.165) is 17.8 Å². The lowest BCUT2D eigenvalue weighted by Gasteiger charge is -2.10. The quantitative estimate of drug-likeness (QED) is 0.599. The zero-order valence-electron chi connectivity index (χ0n) is 15.5. The number of carbonyl (C=O) groups is 1. The second-order valence-electron chi connectivity index (χ2n) is 5.98. The Labute approximate surface area is 169 Å². The van der Waals surface area contributed by atoms with Crippen LogP contribution in [0.15, 0.2) is 53.7 Å². The van der Waals surface area contributed by atoms with Gasteiger partial charge in [0.2, 0.25) is 5.91 Å². The number of hydrogen-bond donors (Lipinski definition) is 1. The summed E-state index contributed by atoms with van der Waals surface area (Å²) in [6.07, 6.45) is -4.42. The van der Waals surface area contributed by atoms with Crippen LogP contribution in [0.2, 0.25) is 0 Å². The lowest BCUT2D eigenvalue weighted by atomic mass is 10.2. The number of amides is 1. The van der Waals surface area contributed by atoms with Gasteiger partial charge in [0.15, 0.2) is 5.16 Å². The molecule has 0 unspecified atom stereocenters. The third kappa shape index (κ3) is 5.08.